The van der Waals surface area contributed by atoms with Crippen LogP contribution >= 0.6 is 0 Å². The number of ether oxygens (including phenoxy) is 2. The molecule has 2 aromatic rings. The minimum absolute atomic E-state index is 0.232. The lowest BCUT2D eigenvalue weighted by Crippen LogP contribution is -2.47. The molecule has 0 aliphatic carbocycles. The average molecular weight is 427 g/mol. The van der Waals surface area contributed by atoms with Crippen molar-refractivity contribution in [2.45, 2.75) is 46.8 Å². The van der Waals surface area contributed by atoms with E-state index in [4.69, 9.17) is 9.47 Å². The number of benzene rings is 2. The summed E-state index contributed by atoms with van der Waals surface area (Å²) in [7, 11) is 1.54. The van der Waals surface area contributed by atoms with E-state index in [1.165, 1.54) is 14.0 Å². The van der Waals surface area contributed by atoms with Crippen molar-refractivity contribution in [2.75, 3.05) is 12.4 Å². The fourth-order valence-electron chi connectivity index (χ4n) is 2.95. The zero-order valence-corrected chi connectivity index (χ0v) is 18.8. The number of methoxy groups -OCH3 is 1. The van der Waals surface area contributed by atoms with Gasteiger partial charge in [-0.1, -0.05) is 31.5 Å². The molecule has 2 amide bonds. The first-order chi connectivity index (χ1) is 14.6. The van der Waals surface area contributed by atoms with E-state index in [1.807, 2.05) is 32.0 Å². The largest absolute Gasteiger partial charge is 0.497 e. The van der Waals surface area contributed by atoms with Crippen LogP contribution < -0.4 is 15.4 Å². The molecule has 0 radical (unpaired) electrons. The molecule has 7 nitrogen and oxygen atoms in total. The average Bonchev–Trinajstić information content (AvgIpc) is 2.73. The number of carbonyl (C=O) groups is 3. The topological polar surface area (TPSA) is 93.7 Å². The molecular weight excluding hydrogens is 396 g/mol. The van der Waals surface area contributed by atoms with Gasteiger partial charge in [0.1, 0.15) is 11.8 Å². The van der Waals surface area contributed by atoms with E-state index in [0.717, 1.165) is 11.1 Å². The smallest absolute Gasteiger partial charge is 0.329 e. The van der Waals surface area contributed by atoms with Crippen molar-refractivity contribution in [1.29, 1.82) is 0 Å². The van der Waals surface area contributed by atoms with Crippen molar-refractivity contribution in [2.24, 2.45) is 5.92 Å². The molecule has 2 N–H and O–H groups in total. The van der Waals surface area contributed by atoms with E-state index in [2.05, 4.69) is 10.6 Å². The fraction of sp³-hybridized carbons (Fsp3) is 0.375. The minimum atomic E-state index is -1.02. The normalized spacial score (nSPS) is 12.6. The molecule has 7 heteroatoms. The second-order valence-electron chi connectivity index (χ2n) is 7.81. The molecule has 0 aliphatic rings. The van der Waals surface area contributed by atoms with Crippen molar-refractivity contribution in [3.05, 3.63) is 59.2 Å². The predicted molar refractivity (Wildman–Crippen MR) is 119 cm³/mol. The highest BCUT2D eigenvalue weighted by atomic mass is 16.5. The molecule has 0 fully saturated rings. The Kier molecular flexibility index (Phi) is 8.19. The molecule has 31 heavy (non-hydrogen) atoms. The van der Waals surface area contributed by atoms with E-state index in [9.17, 15) is 14.4 Å². The maximum atomic E-state index is 12.7. The van der Waals surface area contributed by atoms with Crippen LogP contribution in [0.2, 0.25) is 0 Å². The van der Waals surface area contributed by atoms with Crippen LogP contribution in [0.15, 0.2) is 42.5 Å². The fourth-order valence-corrected chi connectivity index (χ4v) is 2.95. The summed E-state index contributed by atoms with van der Waals surface area (Å²) in [6.45, 7) is 8.94. The van der Waals surface area contributed by atoms with Gasteiger partial charge in [0.05, 0.1) is 7.11 Å². The first-order valence-corrected chi connectivity index (χ1v) is 10.2. The van der Waals surface area contributed by atoms with Gasteiger partial charge in [-0.2, -0.15) is 0 Å². The van der Waals surface area contributed by atoms with Gasteiger partial charge in [0, 0.05) is 11.3 Å². The number of hydrogen-bond acceptors (Lipinski definition) is 5. The lowest BCUT2D eigenvalue weighted by Gasteiger charge is -2.23. The van der Waals surface area contributed by atoms with E-state index in [0.29, 0.717) is 17.0 Å². The Hall–Kier alpha value is -3.35. The molecule has 2 atom stereocenters. The van der Waals surface area contributed by atoms with E-state index in [1.54, 1.807) is 38.1 Å². The maximum Gasteiger partial charge on any atom is 0.329 e. The highest BCUT2D eigenvalue weighted by Gasteiger charge is 2.29. The lowest BCUT2D eigenvalue weighted by atomic mass is 10.0. The predicted octanol–water partition coefficient (Wildman–Crippen LogP) is 3.64. The zero-order chi connectivity index (χ0) is 23.1. The number of hydrogen-bond donors (Lipinski definition) is 2. The molecule has 2 aromatic carbocycles. The second-order valence-corrected chi connectivity index (χ2v) is 7.81. The van der Waals surface area contributed by atoms with Crippen LogP contribution in [0.4, 0.5) is 5.69 Å². The molecule has 0 aromatic heterocycles. The Labute approximate surface area is 183 Å². The lowest BCUT2D eigenvalue weighted by molar-refractivity contribution is -0.156. The number of aryl methyl sites for hydroxylation is 2. The molecule has 2 rings (SSSR count). The number of amides is 2. The number of rotatable bonds is 8. The summed E-state index contributed by atoms with van der Waals surface area (Å²) in [5.41, 5.74) is 3.05. The summed E-state index contributed by atoms with van der Waals surface area (Å²) in [5, 5.41) is 5.47. The molecule has 0 spiro atoms. The van der Waals surface area contributed by atoms with Crippen molar-refractivity contribution < 1.29 is 23.9 Å². The van der Waals surface area contributed by atoms with E-state index >= 15 is 0 Å². The summed E-state index contributed by atoms with van der Waals surface area (Å²) < 4.78 is 10.4. The number of carbonyl (C=O) groups excluding carboxylic acids is 3. The zero-order valence-electron chi connectivity index (χ0n) is 18.8. The number of anilines is 1. The van der Waals surface area contributed by atoms with Crippen LogP contribution in [-0.4, -0.2) is 37.0 Å². The Morgan fingerprint density at radius 1 is 0.935 bits per heavy atom. The van der Waals surface area contributed by atoms with E-state index < -0.39 is 29.9 Å². The van der Waals surface area contributed by atoms with Gasteiger partial charge in [-0.3, -0.25) is 9.59 Å². The quantitative estimate of drug-likeness (QED) is 0.629. The van der Waals surface area contributed by atoms with Crippen molar-refractivity contribution in [1.82, 2.24) is 5.32 Å². The first kappa shape index (κ1) is 23.9. The van der Waals surface area contributed by atoms with Crippen LogP contribution in [0, 0.1) is 19.8 Å². The van der Waals surface area contributed by atoms with Gasteiger partial charge in [0.15, 0.2) is 6.10 Å². The molecule has 0 saturated heterocycles. The van der Waals surface area contributed by atoms with Gasteiger partial charge in [-0.05, 0) is 62.6 Å². The molecule has 0 aliphatic heterocycles. The Balaban J connectivity index is 2.01. The molecule has 0 saturated carbocycles. The van der Waals surface area contributed by atoms with Gasteiger partial charge < -0.3 is 20.1 Å². The van der Waals surface area contributed by atoms with E-state index in [-0.39, 0.29) is 5.92 Å². The Morgan fingerprint density at radius 2 is 1.58 bits per heavy atom. The van der Waals surface area contributed by atoms with Crippen LogP contribution in [0.3, 0.4) is 0 Å². The monoisotopic (exact) mass is 426 g/mol. The number of nitrogens with one attached hydrogen (secondary N) is 2. The van der Waals surface area contributed by atoms with Crippen LogP contribution in [-0.2, 0) is 14.3 Å². The summed E-state index contributed by atoms with van der Waals surface area (Å²) in [6, 6.07) is 11.3. The summed E-state index contributed by atoms with van der Waals surface area (Å²) >= 11 is 0. The minimum Gasteiger partial charge on any atom is -0.497 e. The summed E-state index contributed by atoms with van der Waals surface area (Å²) in [4.78, 5) is 37.7. The highest BCUT2D eigenvalue weighted by Crippen LogP contribution is 2.17. The third-order valence-corrected chi connectivity index (χ3v) is 4.86. The van der Waals surface area contributed by atoms with Crippen molar-refractivity contribution in [3.63, 3.8) is 0 Å². The van der Waals surface area contributed by atoms with Crippen LogP contribution in [0.25, 0.3) is 0 Å². The van der Waals surface area contributed by atoms with Gasteiger partial charge in [-0.15, -0.1) is 0 Å². The van der Waals surface area contributed by atoms with Crippen molar-refractivity contribution in [3.8, 4) is 5.75 Å². The van der Waals surface area contributed by atoms with Gasteiger partial charge in [0.25, 0.3) is 11.8 Å². The van der Waals surface area contributed by atoms with Crippen LogP contribution in [0.1, 0.15) is 42.3 Å². The summed E-state index contributed by atoms with van der Waals surface area (Å²) in [5.74, 6) is -1.13. The van der Waals surface area contributed by atoms with Crippen molar-refractivity contribution >= 4 is 23.5 Å². The third-order valence-electron chi connectivity index (χ3n) is 4.86. The van der Waals surface area contributed by atoms with Gasteiger partial charge in [-0.25, -0.2) is 4.79 Å². The van der Waals surface area contributed by atoms with Crippen LogP contribution in [0.5, 0.6) is 5.75 Å². The molecule has 166 valence electrons. The second kappa shape index (κ2) is 10.6. The summed E-state index contributed by atoms with van der Waals surface area (Å²) in [6.07, 6.45) is -1.02. The molecular formula is C24H30N2O5. The highest BCUT2D eigenvalue weighted by molar-refractivity contribution is 5.98. The first-order valence-electron chi connectivity index (χ1n) is 10.2. The maximum absolute atomic E-state index is 12.7. The van der Waals surface area contributed by atoms with Gasteiger partial charge in [0.2, 0.25) is 0 Å². The Morgan fingerprint density at radius 3 is 2.13 bits per heavy atom. The third kappa shape index (κ3) is 6.57. The molecule has 0 unspecified atom stereocenters. The standard InChI is InChI=1S/C24H30N2O5/c1-14(2)21(26-23(28)18-8-10-19(30-6)11-9-18)24(29)31-17(5)22(27)25-20-12-7-15(3)13-16(20)4/h7-14,17,21H,1-6H3,(H,25,27)(H,26,28)/t17-,21+/m1/s1. The Bertz CT molecular complexity index is 937. The molecule has 0 bridgehead atoms. The molecule has 0 heterocycles. The SMILES string of the molecule is COc1ccc(C(=O)N[C@H](C(=O)O[C@H](C)C(=O)Nc2ccc(C)cc2C)C(C)C)cc1. The van der Waals surface area contributed by atoms with Gasteiger partial charge >= 0.3 is 5.97 Å². The number of esters is 1.